The Balaban J connectivity index is 2.08. The third-order valence-electron chi connectivity index (χ3n) is 4.03. The monoisotopic (exact) mass is 290 g/mol. The molecule has 1 amide bonds. The van der Waals surface area contributed by atoms with Crippen molar-refractivity contribution in [2.75, 3.05) is 13.1 Å². The van der Waals surface area contributed by atoms with Crippen LogP contribution in [0.25, 0.3) is 0 Å². The number of carbonyl (C=O) groups is 1. The summed E-state index contributed by atoms with van der Waals surface area (Å²) in [5.74, 6) is 0.509. The highest BCUT2D eigenvalue weighted by molar-refractivity contribution is 5.94. The molecule has 2 rings (SSSR count). The second-order valence-corrected chi connectivity index (χ2v) is 6.13. The molecular formula is C17H26N2O2. The molecule has 1 aliphatic rings. The average molecular weight is 290 g/mol. The van der Waals surface area contributed by atoms with Gasteiger partial charge in [-0.05, 0) is 24.5 Å². The van der Waals surface area contributed by atoms with E-state index in [9.17, 15) is 4.79 Å². The minimum Gasteiger partial charge on any atom is -0.371 e. The average Bonchev–Trinajstić information content (AvgIpc) is 2.52. The zero-order valence-electron chi connectivity index (χ0n) is 13.3. The maximum atomic E-state index is 12.6. The van der Waals surface area contributed by atoms with E-state index in [1.807, 2.05) is 4.90 Å². The van der Waals surface area contributed by atoms with Crippen molar-refractivity contribution >= 4 is 5.91 Å². The van der Waals surface area contributed by atoms with E-state index in [4.69, 9.17) is 4.74 Å². The molecule has 4 nitrogen and oxygen atoms in total. The van der Waals surface area contributed by atoms with Gasteiger partial charge in [0.15, 0.2) is 0 Å². The van der Waals surface area contributed by atoms with Gasteiger partial charge in [-0.15, -0.1) is 0 Å². The van der Waals surface area contributed by atoms with Gasteiger partial charge in [0.1, 0.15) is 0 Å². The minimum absolute atomic E-state index is 0.0906. The van der Waals surface area contributed by atoms with Gasteiger partial charge >= 0.3 is 0 Å². The number of nitrogens with zero attached hydrogens (tertiary/aromatic N) is 2. The summed E-state index contributed by atoms with van der Waals surface area (Å²) in [6, 6.07) is 3.56. The molecule has 1 aromatic heterocycles. The van der Waals surface area contributed by atoms with Crippen LogP contribution in [0, 0.1) is 5.92 Å². The number of morpholine rings is 1. The fraction of sp³-hybridized carbons (Fsp3) is 0.647. The molecule has 4 heteroatoms. The molecule has 1 aromatic rings. The zero-order valence-corrected chi connectivity index (χ0v) is 13.3. The van der Waals surface area contributed by atoms with Gasteiger partial charge in [-0.2, -0.15) is 0 Å². The summed E-state index contributed by atoms with van der Waals surface area (Å²) < 4.78 is 6.16. The maximum absolute atomic E-state index is 12.6. The summed E-state index contributed by atoms with van der Waals surface area (Å²) in [4.78, 5) is 18.6. The summed E-state index contributed by atoms with van der Waals surface area (Å²) in [5.41, 5.74) is 0.712. The van der Waals surface area contributed by atoms with E-state index in [2.05, 4.69) is 25.8 Å². The lowest BCUT2D eigenvalue weighted by molar-refractivity contribution is -0.0962. The standard InChI is InChI=1S/C17H26N2O2/c1-4-5-6-15-11-19(12-16(21-15)13(2)3)17(20)14-7-9-18-10-8-14/h7-10,13,15-16H,4-6,11-12H2,1-3H3/t15-,16-/m1/s1. The van der Waals surface area contributed by atoms with Gasteiger partial charge < -0.3 is 9.64 Å². The van der Waals surface area contributed by atoms with Crippen molar-refractivity contribution in [3.05, 3.63) is 30.1 Å². The van der Waals surface area contributed by atoms with Crippen LogP contribution in [-0.4, -0.2) is 41.1 Å². The minimum atomic E-state index is 0.0906. The normalized spacial score (nSPS) is 22.6. The number of hydrogen-bond acceptors (Lipinski definition) is 3. The second kappa shape index (κ2) is 7.55. The van der Waals surface area contributed by atoms with Crippen molar-refractivity contribution in [1.82, 2.24) is 9.88 Å². The number of rotatable bonds is 5. The van der Waals surface area contributed by atoms with E-state index < -0.39 is 0 Å². The Morgan fingerprint density at radius 3 is 2.71 bits per heavy atom. The number of aromatic nitrogens is 1. The second-order valence-electron chi connectivity index (χ2n) is 6.13. The third-order valence-corrected chi connectivity index (χ3v) is 4.03. The van der Waals surface area contributed by atoms with Gasteiger partial charge in [-0.3, -0.25) is 9.78 Å². The first-order valence-electron chi connectivity index (χ1n) is 7.96. The fourth-order valence-corrected chi connectivity index (χ4v) is 2.67. The molecule has 1 fully saturated rings. The van der Waals surface area contributed by atoms with Crippen molar-refractivity contribution < 1.29 is 9.53 Å². The zero-order chi connectivity index (χ0) is 15.2. The van der Waals surface area contributed by atoms with E-state index >= 15 is 0 Å². The molecule has 1 saturated heterocycles. The van der Waals surface area contributed by atoms with Gasteiger partial charge in [0, 0.05) is 31.0 Å². The lowest BCUT2D eigenvalue weighted by atomic mass is 10.0. The molecule has 0 spiro atoms. The van der Waals surface area contributed by atoms with Crippen LogP contribution in [0.5, 0.6) is 0 Å². The molecule has 1 aliphatic heterocycles. The molecular weight excluding hydrogens is 264 g/mol. The Labute approximate surface area is 127 Å². The highest BCUT2D eigenvalue weighted by Gasteiger charge is 2.32. The molecule has 0 saturated carbocycles. The topological polar surface area (TPSA) is 42.4 Å². The Kier molecular flexibility index (Phi) is 5.74. The van der Waals surface area contributed by atoms with Crippen molar-refractivity contribution in [3.63, 3.8) is 0 Å². The maximum Gasteiger partial charge on any atom is 0.254 e. The van der Waals surface area contributed by atoms with Crippen LogP contribution < -0.4 is 0 Å². The van der Waals surface area contributed by atoms with E-state index in [1.54, 1.807) is 24.5 Å². The number of unbranched alkanes of at least 4 members (excludes halogenated alkanes) is 1. The first kappa shape index (κ1) is 16.0. The van der Waals surface area contributed by atoms with Crippen molar-refractivity contribution in [2.24, 2.45) is 5.92 Å². The van der Waals surface area contributed by atoms with Crippen LogP contribution in [0.4, 0.5) is 0 Å². The fourth-order valence-electron chi connectivity index (χ4n) is 2.67. The molecule has 2 atom stereocenters. The van der Waals surface area contributed by atoms with Crippen LogP contribution in [0.1, 0.15) is 50.4 Å². The molecule has 21 heavy (non-hydrogen) atoms. The Morgan fingerprint density at radius 1 is 1.38 bits per heavy atom. The van der Waals surface area contributed by atoms with E-state index in [0.717, 1.165) is 19.3 Å². The smallest absolute Gasteiger partial charge is 0.254 e. The lowest BCUT2D eigenvalue weighted by Crippen LogP contribution is -2.51. The first-order chi connectivity index (χ1) is 10.1. The number of pyridine rings is 1. The Hall–Kier alpha value is -1.42. The number of carbonyl (C=O) groups excluding carboxylic acids is 1. The third kappa shape index (κ3) is 4.27. The quantitative estimate of drug-likeness (QED) is 0.836. The largest absolute Gasteiger partial charge is 0.371 e. The van der Waals surface area contributed by atoms with E-state index in [1.165, 1.54) is 0 Å². The molecule has 0 radical (unpaired) electrons. The summed E-state index contributed by atoms with van der Waals surface area (Å²) in [6.07, 6.45) is 6.96. The van der Waals surface area contributed by atoms with Crippen LogP contribution in [0.2, 0.25) is 0 Å². The number of hydrogen-bond donors (Lipinski definition) is 0. The highest BCUT2D eigenvalue weighted by atomic mass is 16.5. The molecule has 2 heterocycles. The van der Waals surface area contributed by atoms with Crippen LogP contribution in [0.15, 0.2) is 24.5 Å². The summed E-state index contributed by atoms with van der Waals surface area (Å²) in [7, 11) is 0. The molecule has 0 unspecified atom stereocenters. The number of ether oxygens (including phenoxy) is 1. The molecule has 116 valence electrons. The molecule has 0 N–H and O–H groups in total. The Morgan fingerprint density at radius 2 is 2.10 bits per heavy atom. The van der Waals surface area contributed by atoms with Gasteiger partial charge in [-0.1, -0.05) is 33.6 Å². The van der Waals surface area contributed by atoms with Gasteiger partial charge in [0.25, 0.3) is 5.91 Å². The Bertz CT molecular complexity index is 447. The van der Waals surface area contributed by atoms with Crippen molar-refractivity contribution in [2.45, 2.75) is 52.2 Å². The van der Waals surface area contributed by atoms with Crippen LogP contribution in [0.3, 0.4) is 0 Å². The lowest BCUT2D eigenvalue weighted by Gasteiger charge is -2.40. The molecule has 0 aliphatic carbocycles. The predicted octanol–water partition coefficient (Wildman–Crippen LogP) is 3.14. The number of amides is 1. The summed E-state index contributed by atoms with van der Waals surface area (Å²) in [5, 5.41) is 0. The SMILES string of the molecule is CCCC[C@@H]1CN(C(=O)c2ccncc2)C[C@H](C(C)C)O1. The summed E-state index contributed by atoms with van der Waals surface area (Å²) in [6.45, 7) is 7.87. The van der Waals surface area contributed by atoms with Crippen molar-refractivity contribution in [3.8, 4) is 0 Å². The van der Waals surface area contributed by atoms with Gasteiger partial charge in [0.05, 0.1) is 12.2 Å². The molecule has 0 bridgehead atoms. The highest BCUT2D eigenvalue weighted by Crippen LogP contribution is 2.22. The van der Waals surface area contributed by atoms with E-state index in [-0.39, 0.29) is 18.1 Å². The van der Waals surface area contributed by atoms with E-state index in [0.29, 0.717) is 24.6 Å². The van der Waals surface area contributed by atoms with Crippen LogP contribution >= 0.6 is 0 Å². The van der Waals surface area contributed by atoms with Gasteiger partial charge in [-0.25, -0.2) is 0 Å². The summed E-state index contributed by atoms with van der Waals surface area (Å²) >= 11 is 0. The first-order valence-corrected chi connectivity index (χ1v) is 7.96. The predicted molar refractivity (Wildman–Crippen MR) is 83.2 cm³/mol. The van der Waals surface area contributed by atoms with Crippen molar-refractivity contribution in [1.29, 1.82) is 0 Å². The van der Waals surface area contributed by atoms with Gasteiger partial charge in [0.2, 0.25) is 0 Å². The van der Waals surface area contributed by atoms with Crippen LogP contribution in [-0.2, 0) is 4.74 Å². The molecule has 0 aromatic carbocycles.